The topological polar surface area (TPSA) is 75.7 Å². The third-order valence-corrected chi connectivity index (χ3v) is 6.05. The maximum absolute atomic E-state index is 12.6. The summed E-state index contributed by atoms with van der Waals surface area (Å²) in [6.07, 6.45) is -2.99. The van der Waals surface area contributed by atoms with Gasteiger partial charge in [0.05, 0.1) is 4.90 Å². The Morgan fingerprint density at radius 1 is 1.17 bits per heavy atom. The molecule has 0 unspecified atom stereocenters. The molecule has 3 rings (SSSR count). The number of benzene rings is 2. The molecular weight excluding hydrogens is 421 g/mol. The number of nitrogens with zero attached hydrogens (tertiary/aromatic N) is 1. The van der Waals surface area contributed by atoms with Gasteiger partial charge in [-0.25, -0.2) is 13.1 Å². The van der Waals surface area contributed by atoms with Crippen LogP contribution in [0.4, 0.5) is 18.9 Å². The van der Waals surface area contributed by atoms with E-state index in [1.807, 2.05) is 0 Å². The average molecular weight is 442 g/mol. The van der Waals surface area contributed by atoms with Crippen LogP contribution in [0.3, 0.4) is 0 Å². The van der Waals surface area contributed by atoms with E-state index in [-0.39, 0.29) is 23.1 Å². The first-order chi connectivity index (χ1) is 14.0. The molecular formula is C20H21F3N2O4S. The number of fused-ring (bicyclic) bond motifs is 1. The summed E-state index contributed by atoms with van der Waals surface area (Å²) in [4.78, 5) is 13.5. The molecule has 6 nitrogen and oxygen atoms in total. The fourth-order valence-corrected chi connectivity index (χ4v) is 4.27. The Labute approximate surface area is 172 Å². The summed E-state index contributed by atoms with van der Waals surface area (Å²) in [5, 5.41) is 0. The van der Waals surface area contributed by atoms with Crippen LogP contribution in [-0.2, 0) is 27.8 Å². The molecule has 0 spiro atoms. The van der Waals surface area contributed by atoms with Crippen molar-refractivity contribution in [1.29, 1.82) is 0 Å². The first-order valence-electron chi connectivity index (χ1n) is 9.24. The van der Waals surface area contributed by atoms with Crippen LogP contribution in [0.25, 0.3) is 0 Å². The number of sulfonamides is 1. The number of hydrogen-bond acceptors (Lipinski definition) is 4. The van der Waals surface area contributed by atoms with Gasteiger partial charge in [-0.1, -0.05) is 12.1 Å². The van der Waals surface area contributed by atoms with Crippen LogP contribution in [0.5, 0.6) is 5.75 Å². The van der Waals surface area contributed by atoms with Gasteiger partial charge >= 0.3 is 6.18 Å². The summed E-state index contributed by atoms with van der Waals surface area (Å²) in [7, 11) is -3.80. The molecule has 0 bridgehead atoms. The second-order valence-corrected chi connectivity index (χ2v) is 8.70. The number of alkyl halides is 3. The third-order valence-electron chi connectivity index (χ3n) is 4.65. The highest BCUT2D eigenvalue weighted by molar-refractivity contribution is 7.89. The van der Waals surface area contributed by atoms with Crippen LogP contribution in [0, 0.1) is 0 Å². The molecule has 2 aromatic carbocycles. The molecule has 0 saturated carbocycles. The van der Waals surface area contributed by atoms with Crippen molar-refractivity contribution in [3.8, 4) is 5.75 Å². The first-order valence-corrected chi connectivity index (χ1v) is 10.7. The maximum atomic E-state index is 12.6. The zero-order chi connectivity index (χ0) is 21.9. The van der Waals surface area contributed by atoms with E-state index in [0.717, 1.165) is 17.7 Å². The van der Waals surface area contributed by atoms with Gasteiger partial charge in [0.15, 0.2) is 6.61 Å². The van der Waals surface area contributed by atoms with Gasteiger partial charge in [-0.3, -0.25) is 4.79 Å². The van der Waals surface area contributed by atoms with Crippen molar-refractivity contribution < 1.29 is 31.1 Å². The van der Waals surface area contributed by atoms with E-state index < -0.39 is 22.8 Å². The SMILES string of the molecule is CC(=O)N1CCCc2cc(S(=O)(=O)NCc3ccc(OCC(F)(F)F)cc3)ccc21. The monoisotopic (exact) mass is 442 g/mol. The molecule has 1 aliphatic heterocycles. The molecule has 0 atom stereocenters. The lowest BCUT2D eigenvalue weighted by Crippen LogP contribution is -2.33. The number of ether oxygens (including phenoxy) is 1. The van der Waals surface area contributed by atoms with E-state index in [2.05, 4.69) is 9.46 Å². The number of rotatable bonds is 6. The van der Waals surface area contributed by atoms with Crippen molar-refractivity contribution in [2.75, 3.05) is 18.1 Å². The minimum absolute atomic E-state index is 0.0292. The Kier molecular flexibility index (Phi) is 6.37. The van der Waals surface area contributed by atoms with Crippen molar-refractivity contribution in [3.63, 3.8) is 0 Å². The van der Waals surface area contributed by atoms with E-state index in [1.54, 1.807) is 17.0 Å². The van der Waals surface area contributed by atoms with Crippen molar-refractivity contribution in [2.24, 2.45) is 0 Å². The highest BCUT2D eigenvalue weighted by Crippen LogP contribution is 2.29. The molecule has 0 fully saturated rings. The molecule has 162 valence electrons. The predicted octanol–water partition coefficient (Wildman–Crippen LogP) is 3.41. The number of anilines is 1. The summed E-state index contributed by atoms with van der Waals surface area (Å²) >= 11 is 0. The normalized spacial score (nSPS) is 14.3. The van der Waals surface area contributed by atoms with Crippen molar-refractivity contribution in [1.82, 2.24) is 4.72 Å². The van der Waals surface area contributed by atoms with Gasteiger partial charge in [-0.05, 0) is 54.3 Å². The second kappa shape index (κ2) is 8.65. The van der Waals surface area contributed by atoms with Gasteiger partial charge in [0.2, 0.25) is 15.9 Å². The molecule has 1 heterocycles. The highest BCUT2D eigenvalue weighted by atomic mass is 32.2. The summed E-state index contributed by atoms with van der Waals surface area (Å²) < 4.78 is 68.9. The first kappa shape index (κ1) is 22.1. The lowest BCUT2D eigenvalue weighted by molar-refractivity contribution is -0.153. The van der Waals surface area contributed by atoms with Crippen molar-refractivity contribution in [3.05, 3.63) is 53.6 Å². The zero-order valence-corrected chi connectivity index (χ0v) is 17.0. The van der Waals surface area contributed by atoms with Crippen LogP contribution in [0.2, 0.25) is 0 Å². The second-order valence-electron chi connectivity index (χ2n) is 6.94. The fraction of sp³-hybridized carbons (Fsp3) is 0.350. The third kappa shape index (κ3) is 5.51. The van der Waals surface area contributed by atoms with Crippen molar-refractivity contribution >= 4 is 21.6 Å². The molecule has 0 radical (unpaired) electrons. The van der Waals surface area contributed by atoms with Gasteiger partial charge in [-0.15, -0.1) is 0 Å². The number of aryl methyl sites for hydroxylation is 1. The Morgan fingerprint density at radius 3 is 2.50 bits per heavy atom. The summed E-state index contributed by atoms with van der Waals surface area (Å²) in [6, 6.07) is 10.3. The molecule has 10 heteroatoms. The number of nitrogens with one attached hydrogen (secondary N) is 1. The lowest BCUT2D eigenvalue weighted by atomic mass is 10.0. The highest BCUT2D eigenvalue weighted by Gasteiger charge is 2.28. The smallest absolute Gasteiger partial charge is 0.422 e. The van der Waals surface area contributed by atoms with Crippen LogP contribution >= 0.6 is 0 Å². The van der Waals surface area contributed by atoms with Gasteiger partial charge < -0.3 is 9.64 Å². The van der Waals surface area contributed by atoms with Crippen LogP contribution in [0.15, 0.2) is 47.4 Å². The van der Waals surface area contributed by atoms with Gasteiger partial charge in [-0.2, -0.15) is 13.2 Å². The molecule has 30 heavy (non-hydrogen) atoms. The van der Waals surface area contributed by atoms with Crippen LogP contribution in [-0.4, -0.2) is 33.7 Å². The van der Waals surface area contributed by atoms with Crippen molar-refractivity contribution in [2.45, 2.75) is 37.4 Å². The Hall–Kier alpha value is -2.59. The van der Waals surface area contributed by atoms with Gasteiger partial charge in [0, 0.05) is 25.7 Å². The molecule has 0 aromatic heterocycles. The largest absolute Gasteiger partial charge is 0.484 e. The minimum Gasteiger partial charge on any atom is -0.484 e. The fourth-order valence-electron chi connectivity index (χ4n) is 3.20. The Balaban J connectivity index is 1.66. The van der Waals surface area contributed by atoms with Gasteiger partial charge in [0.25, 0.3) is 0 Å². The minimum atomic E-state index is -4.43. The number of hydrogen-bond donors (Lipinski definition) is 1. The molecule has 2 aromatic rings. The van der Waals surface area contributed by atoms with E-state index >= 15 is 0 Å². The summed E-state index contributed by atoms with van der Waals surface area (Å²) in [6.45, 7) is 0.660. The lowest BCUT2D eigenvalue weighted by Gasteiger charge is -2.28. The molecule has 1 aliphatic rings. The number of halogens is 3. The van der Waals surface area contributed by atoms with Gasteiger partial charge in [0.1, 0.15) is 5.75 Å². The molecule has 0 aliphatic carbocycles. The number of carbonyl (C=O) groups is 1. The van der Waals surface area contributed by atoms with E-state index in [0.29, 0.717) is 18.5 Å². The summed E-state index contributed by atoms with van der Waals surface area (Å²) in [5.74, 6) is -0.0454. The van der Waals surface area contributed by atoms with E-state index in [9.17, 15) is 26.4 Å². The molecule has 0 saturated heterocycles. The quantitative estimate of drug-likeness (QED) is 0.744. The Bertz CT molecular complexity index is 1020. The Morgan fingerprint density at radius 2 is 1.87 bits per heavy atom. The van der Waals surface area contributed by atoms with Crippen LogP contribution in [0.1, 0.15) is 24.5 Å². The molecule has 1 amide bonds. The summed E-state index contributed by atoms with van der Waals surface area (Å²) in [5.41, 5.74) is 2.09. The standard InChI is InChI=1S/C20H21F3N2O4S/c1-14(26)25-10-2-3-16-11-18(8-9-19(16)25)30(27,28)24-12-15-4-6-17(7-5-15)29-13-20(21,22)23/h4-9,11,24H,2-3,10,12-13H2,1H3. The predicted molar refractivity (Wildman–Crippen MR) is 105 cm³/mol. The molecule has 1 N–H and O–H groups in total. The van der Waals surface area contributed by atoms with E-state index in [4.69, 9.17) is 0 Å². The number of amides is 1. The van der Waals surface area contributed by atoms with E-state index in [1.165, 1.54) is 37.3 Å². The average Bonchev–Trinajstić information content (AvgIpc) is 2.70. The van der Waals surface area contributed by atoms with Crippen LogP contribution < -0.4 is 14.4 Å². The maximum Gasteiger partial charge on any atom is 0.422 e. The zero-order valence-electron chi connectivity index (χ0n) is 16.2. The number of carbonyl (C=O) groups excluding carboxylic acids is 1.